The average molecular weight is 450 g/mol. The summed E-state index contributed by atoms with van der Waals surface area (Å²) >= 11 is 0. The summed E-state index contributed by atoms with van der Waals surface area (Å²) in [6.45, 7) is -3.17. The van der Waals surface area contributed by atoms with Crippen molar-refractivity contribution >= 4 is 0 Å². The Kier molecular flexibility index (Phi) is 7.85. The largest absolute Gasteiger partial charge is 0.390 e. The highest BCUT2D eigenvalue weighted by Gasteiger charge is 2.89. The van der Waals surface area contributed by atoms with Crippen molar-refractivity contribution < 1.29 is 66.6 Å². The van der Waals surface area contributed by atoms with Gasteiger partial charge in [-0.2, -0.15) is 61.5 Å². The molecule has 168 valence electrons. The molecule has 0 aliphatic rings. The van der Waals surface area contributed by atoms with Crippen molar-refractivity contribution in [3.63, 3.8) is 0 Å². The second kappa shape index (κ2) is 8.22. The van der Waals surface area contributed by atoms with Crippen molar-refractivity contribution in [2.24, 2.45) is 0 Å². The first-order valence-corrected chi connectivity index (χ1v) is 7.12. The number of unbranched alkanes of at least 4 members (excludes halogenated alkanes) is 2. The highest BCUT2D eigenvalue weighted by Crippen LogP contribution is 2.60. The van der Waals surface area contributed by atoms with Crippen molar-refractivity contribution in [3.8, 4) is 0 Å². The molecule has 1 nitrogen and oxygen atoms in total. The third-order valence-corrected chi connectivity index (χ3v) is 3.54. The number of allylic oxidation sites excluding steroid dienone is 1. The van der Waals surface area contributed by atoms with E-state index in [0.717, 1.165) is 0 Å². The van der Waals surface area contributed by atoms with E-state index < -0.39 is 73.9 Å². The van der Waals surface area contributed by atoms with Crippen LogP contribution in [-0.2, 0) is 0 Å². The van der Waals surface area contributed by atoms with Gasteiger partial charge in [-0.05, 0) is 25.3 Å². The van der Waals surface area contributed by atoms with Crippen LogP contribution < -0.4 is 0 Å². The number of halogens is 14. The van der Waals surface area contributed by atoms with Gasteiger partial charge in [0.1, 0.15) is 6.61 Å². The Morgan fingerprint density at radius 2 is 1.00 bits per heavy atom. The topological polar surface area (TPSA) is 20.2 Å². The third kappa shape index (κ3) is 4.48. The van der Waals surface area contributed by atoms with Gasteiger partial charge in [0, 0.05) is 6.42 Å². The molecule has 0 saturated heterocycles. The smallest absolute Gasteiger partial charge is 0.384 e. The van der Waals surface area contributed by atoms with Crippen molar-refractivity contribution in [1.82, 2.24) is 0 Å². The Labute approximate surface area is 148 Å². The maximum absolute atomic E-state index is 13.4. The van der Waals surface area contributed by atoms with E-state index in [2.05, 4.69) is 0 Å². The highest BCUT2D eigenvalue weighted by molar-refractivity contribution is 5.11. The van der Waals surface area contributed by atoms with Gasteiger partial charge in [-0.15, -0.1) is 0 Å². The van der Waals surface area contributed by atoms with Gasteiger partial charge in [-0.25, -0.2) is 0 Å². The molecule has 0 atom stereocenters. The minimum Gasteiger partial charge on any atom is -0.390 e. The molecule has 0 rings (SSSR count). The standard InChI is InChI=1S/C13H12F14O/c14-7(15)4-2-1-3-5-8(16,17)10(20,21)12(24,25)13(26,27)11(22,23)9(18,19)6-28/h4,28H,1-3,5-6H2. The monoisotopic (exact) mass is 450 g/mol. The van der Waals surface area contributed by atoms with Gasteiger partial charge >= 0.3 is 35.5 Å². The van der Waals surface area contributed by atoms with Gasteiger partial charge in [-0.3, -0.25) is 0 Å². The van der Waals surface area contributed by atoms with Crippen molar-refractivity contribution in [1.29, 1.82) is 0 Å². The normalized spacial score (nSPS) is 15.0. The minimum atomic E-state index is -7.71. The maximum atomic E-state index is 13.4. The highest BCUT2D eigenvalue weighted by atomic mass is 19.4. The molecule has 0 bridgehead atoms. The lowest BCUT2D eigenvalue weighted by Crippen LogP contribution is -2.71. The molecule has 0 aromatic carbocycles. The van der Waals surface area contributed by atoms with Gasteiger partial charge in [0.25, 0.3) is 6.08 Å². The summed E-state index contributed by atoms with van der Waals surface area (Å²) in [5.41, 5.74) is 0. The molecule has 0 radical (unpaired) electrons. The Hall–Kier alpha value is -1.28. The molecule has 0 aromatic heterocycles. The van der Waals surface area contributed by atoms with Crippen molar-refractivity contribution in [2.45, 2.75) is 61.2 Å². The van der Waals surface area contributed by atoms with Crippen LogP contribution in [0.4, 0.5) is 61.5 Å². The van der Waals surface area contributed by atoms with E-state index in [9.17, 15) is 61.5 Å². The van der Waals surface area contributed by atoms with Crippen LogP contribution >= 0.6 is 0 Å². The van der Waals surface area contributed by atoms with Crippen LogP contribution in [0.25, 0.3) is 0 Å². The molecule has 0 aliphatic heterocycles. The van der Waals surface area contributed by atoms with Gasteiger partial charge in [0.2, 0.25) is 0 Å². The lowest BCUT2D eigenvalue weighted by Gasteiger charge is -2.41. The Balaban J connectivity index is 5.73. The molecular weight excluding hydrogens is 438 g/mol. The molecule has 0 aromatic rings. The molecule has 0 unspecified atom stereocenters. The quantitative estimate of drug-likeness (QED) is 0.297. The van der Waals surface area contributed by atoms with E-state index in [-0.39, 0.29) is 6.08 Å². The maximum Gasteiger partial charge on any atom is 0.384 e. The Morgan fingerprint density at radius 1 is 0.607 bits per heavy atom. The van der Waals surface area contributed by atoms with Crippen molar-refractivity contribution in [3.05, 3.63) is 12.2 Å². The van der Waals surface area contributed by atoms with E-state index in [1.165, 1.54) is 0 Å². The van der Waals surface area contributed by atoms with Crippen LogP contribution in [0.15, 0.2) is 12.2 Å². The van der Waals surface area contributed by atoms with E-state index in [1.807, 2.05) is 0 Å². The molecule has 28 heavy (non-hydrogen) atoms. The summed E-state index contributed by atoms with van der Waals surface area (Å²) in [4.78, 5) is 0. The first kappa shape index (κ1) is 26.7. The number of aliphatic hydroxyl groups is 1. The minimum absolute atomic E-state index is 0.149. The SMILES string of the molecule is OCC(F)(F)C(F)(F)C(F)(F)C(F)(F)C(F)(F)C(F)(F)CCCCC=C(F)F. The molecule has 0 aliphatic carbocycles. The Morgan fingerprint density at radius 3 is 1.36 bits per heavy atom. The van der Waals surface area contributed by atoms with Crippen LogP contribution in [0.3, 0.4) is 0 Å². The Bertz CT molecular complexity index is 549. The first-order valence-electron chi connectivity index (χ1n) is 7.12. The van der Waals surface area contributed by atoms with E-state index in [4.69, 9.17) is 5.11 Å². The summed E-state index contributed by atoms with van der Waals surface area (Å²) in [5, 5.41) is 7.93. The molecule has 0 fully saturated rings. The van der Waals surface area contributed by atoms with Gasteiger partial charge in [0.05, 0.1) is 0 Å². The van der Waals surface area contributed by atoms with E-state index in [0.29, 0.717) is 0 Å². The third-order valence-electron chi connectivity index (χ3n) is 3.54. The van der Waals surface area contributed by atoms with E-state index in [1.54, 1.807) is 0 Å². The zero-order chi connectivity index (χ0) is 22.8. The summed E-state index contributed by atoms with van der Waals surface area (Å²) in [6.07, 6.45) is -7.06. The zero-order valence-electron chi connectivity index (χ0n) is 13.4. The van der Waals surface area contributed by atoms with Crippen LogP contribution in [0.5, 0.6) is 0 Å². The summed E-state index contributed by atoms with van der Waals surface area (Å²) in [5.74, 6) is -42.4. The zero-order valence-corrected chi connectivity index (χ0v) is 13.4. The fraction of sp³-hybridized carbons (Fsp3) is 0.846. The number of hydrogen-bond donors (Lipinski definition) is 1. The second-order valence-electron chi connectivity index (χ2n) is 5.60. The van der Waals surface area contributed by atoms with Crippen LogP contribution in [-0.4, -0.2) is 47.2 Å². The fourth-order valence-electron chi connectivity index (χ4n) is 1.81. The second-order valence-corrected chi connectivity index (χ2v) is 5.60. The van der Waals surface area contributed by atoms with Gasteiger partial charge < -0.3 is 5.11 Å². The molecule has 15 heteroatoms. The lowest BCUT2D eigenvalue weighted by molar-refractivity contribution is -0.427. The summed E-state index contributed by atoms with van der Waals surface area (Å²) in [6, 6.07) is 0. The van der Waals surface area contributed by atoms with Crippen LogP contribution in [0, 0.1) is 0 Å². The summed E-state index contributed by atoms with van der Waals surface area (Å²) < 4.78 is 181. The predicted molar refractivity (Wildman–Crippen MR) is 65.5 cm³/mol. The fourth-order valence-corrected chi connectivity index (χ4v) is 1.81. The summed E-state index contributed by atoms with van der Waals surface area (Å²) in [7, 11) is 0. The molecule has 1 N–H and O–H groups in total. The van der Waals surface area contributed by atoms with Gasteiger partial charge in [0.15, 0.2) is 0 Å². The molecule has 0 saturated carbocycles. The number of alkyl halides is 12. The number of rotatable bonds is 11. The lowest BCUT2D eigenvalue weighted by atomic mass is 9.90. The number of aliphatic hydroxyl groups excluding tert-OH is 1. The first-order chi connectivity index (χ1) is 12.2. The average Bonchev–Trinajstić information content (AvgIpc) is 2.53. The molecule has 0 spiro atoms. The molecule has 0 heterocycles. The van der Waals surface area contributed by atoms with Gasteiger partial charge in [-0.1, -0.05) is 0 Å². The van der Waals surface area contributed by atoms with E-state index >= 15 is 0 Å². The van der Waals surface area contributed by atoms with Crippen LogP contribution in [0.1, 0.15) is 25.7 Å². The molecule has 0 amide bonds. The number of hydrogen-bond acceptors (Lipinski definition) is 1. The van der Waals surface area contributed by atoms with Crippen molar-refractivity contribution in [2.75, 3.05) is 6.61 Å². The predicted octanol–water partition coefficient (Wildman–Crippen LogP) is 6.13. The van der Waals surface area contributed by atoms with Crippen LogP contribution in [0.2, 0.25) is 0 Å². The molecular formula is C13H12F14O.